The number of aliphatic hydroxyl groups excluding tert-OH is 1. The number of hydrogen-bond acceptors (Lipinski definition) is 4. The largest absolute Gasteiger partial charge is 0.480 e. The van der Waals surface area contributed by atoms with Crippen LogP contribution in [0.5, 0.6) is 0 Å². The van der Waals surface area contributed by atoms with Gasteiger partial charge in [0.05, 0.1) is 5.56 Å². The first-order valence-electron chi connectivity index (χ1n) is 4.81. The third kappa shape index (κ3) is 3.69. The Bertz CT molecular complexity index is 425. The normalized spacial score (nSPS) is 11.9. The van der Waals surface area contributed by atoms with Gasteiger partial charge in [-0.05, 0) is 12.1 Å². The van der Waals surface area contributed by atoms with Crippen molar-refractivity contribution < 1.29 is 19.8 Å². The van der Waals surface area contributed by atoms with E-state index in [0.29, 0.717) is 0 Å². The summed E-state index contributed by atoms with van der Waals surface area (Å²) in [6, 6.07) is 1.80. The second-order valence-electron chi connectivity index (χ2n) is 3.22. The number of carbonyl (C=O) groups is 2. The summed E-state index contributed by atoms with van der Waals surface area (Å²) in [5.41, 5.74) is 0.0957. The SMILES string of the molecule is O=C(NC(CCO)C(=O)O)c1cccnc1Cl. The molecule has 1 heterocycles. The molecule has 92 valence electrons. The lowest BCUT2D eigenvalue weighted by Gasteiger charge is -2.13. The van der Waals surface area contributed by atoms with Crippen LogP contribution in [-0.4, -0.2) is 39.7 Å². The lowest BCUT2D eigenvalue weighted by Crippen LogP contribution is -2.41. The van der Waals surface area contributed by atoms with E-state index >= 15 is 0 Å². The fourth-order valence-corrected chi connectivity index (χ4v) is 1.38. The van der Waals surface area contributed by atoms with E-state index in [9.17, 15) is 9.59 Å². The van der Waals surface area contributed by atoms with Crippen LogP contribution in [0.4, 0.5) is 0 Å². The number of rotatable bonds is 5. The number of halogens is 1. The van der Waals surface area contributed by atoms with Gasteiger partial charge in [0.1, 0.15) is 11.2 Å². The Kier molecular flexibility index (Phi) is 4.86. The highest BCUT2D eigenvalue weighted by Gasteiger charge is 2.21. The Hall–Kier alpha value is -1.66. The zero-order valence-electron chi connectivity index (χ0n) is 8.76. The Balaban J connectivity index is 2.77. The number of aromatic nitrogens is 1. The van der Waals surface area contributed by atoms with Crippen LogP contribution >= 0.6 is 11.6 Å². The van der Waals surface area contributed by atoms with Crippen LogP contribution in [0.3, 0.4) is 0 Å². The molecule has 0 saturated heterocycles. The minimum absolute atomic E-state index is 0.00172. The zero-order chi connectivity index (χ0) is 12.8. The van der Waals surface area contributed by atoms with Crippen LogP contribution < -0.4 is 5.32 Å². The van der Waals surface area contributed by atoms with E-state index in [2.05, 4.69) is 10.3 Å². The molecule has 0 fully saturated rings. The van der Waals surface area contributed by atoms with Crippen LogP contribution in [0, 0.1) is 0 Å². The number of hydrogen-bond donors (Lipinski definition) is 3. The zero-order valence-corrected chi connectivity index (χ0v) is 9.52. The number of nitrogens with zero attached hydrogens (tertiary/aromatic N) is 1. The molecule has 1 atom stereocenters. The second kappa shape index (κ2) is 6.17. The van der Waals surface area contributed by atoms with E-state index in [1.165, 1.54) is 18.3 Å². The van der Waals surface area contributed by atoms with E-state index < -0.39 is 17.9 Å². The highest BCUT2D eigenvalue weighted by molar-refractivity contribution is 6.32. The van der Waals surface area contributed by atoms with Crippen molar-refractivity contribution in [2.24, 2.45) is 0 Å². The highest BCUT2D eigenvalue weighted by Crippen LogP contribution is 2.11. The van der Waals surface area contributed by atoms with Crippen molar-refractivity contribution >= 4 is 23.5 Å². The molecule has 3 N–H and O–H groups in total. The minimum Gasteiger partial charge on any atom is -0.480 e. The number of carboxylic acid groups (broad SMARTS) is 1. The molecule has 0 aliphatic rings. The summed E-state index contributed by atoms with van der Waals surface area (Å²) in [6.45, 7) is -0.335. The number of carboxylic acids is 1. The average Bonchev–Trinajstić information content (AvgIpc) is 2.28. The molecule has 0 aliphatic heterocycles. The van der Waals surface area contributed by atoms with E-state index in [0.717, 1.165) is 0 Å². The molecular weight excluding hydrogens is 248 g/mol. The maximum Gasteiger partial charge on any atom is 0.326 e. The summed E-state index contributed by atoms with van der Waals surface area (Å²) in [7, 11) is 0. The van der Waals surface area contributed by atoms with Crippen LogP contribution in [-0.2, 0) is 4.79 Å². The van der Waals surface area contributed by atoms with Gasteiger partial charge in [0.25, 0.3) is 5.91 Å². The van der Waals surface area contributed by atoms with Crippen LogP contribution in [0.2, 0.25) is 5.15 Å². The highest BCUT2D eigenvalue weighted by atomic mass is 35.5. The van der Waals surface area contributed by atoms with Gasteiger partial charge < -0.3 is 15.5 Å². The summed E-state index contributed by atoms with van der Waals surface area (Å²) >= 11 is 5.69. The van der Waals surface area contributed by atoms with Gasteiger partial charge in [-0.2, -0.15) is 0 Å². The van der Waals surface area contributed by atoms with Crippen LogP contribution in [0.1, 0.15) is 16.8 Å². The fraction of sp³-hybridized carbons (Fsp3) is 0.300. The molecule has 1 rings (SSSR count). The quantitative estimate of drug-likeness (QED) is 0.660. The maximum absolute atomic E-state index is 11.7. The molecule has 17 heavy (non-hydrogen) atoms. The van der Waals surface area contributed by atoms with Crippen molar-refractivity contribution in [3.8, 4) is 0 Å². The molecule has 0 aliphatic carbocycles. The second-order valence-corrected chi connectivity index (χ2v) is 3.58. The van der Waals surface area contributed by atoms with E-state index in [1.807, 2.05) is 0 Å². The molecule has 0 saturated carbocycles. The topological polar surface area (TPSA) is 99.5 Å². The lowest BCUT2D eigenvalue weighted by molar-refractivity contribution is -0.139. The van der Waals surface area contributed by atoms with E-state index in [-0.39, 0.29) is 23.7 Å². The Morgan fingerprint density at radius 3 is 2.76 bits per heavy atom. The lowest BCUT2D eigenvalue weighted by atomic mass is 10.2. The van der Waals surface area contributed by atoms with E-state index in [1.54, 1.807) is 0 Å². The van der Waals surface area contributed by atoms with Gasteiger partial charge in [0, 0.05) is 19.2 Å². The maximum atomic E-state index is 11.7. The molecule has 1 amide bonds. The summed E-state index contributed by atoms with van der Waals surface area (Å²) in [5.74, 6) is -1.85. The van der Waals surface area contributed by atoms with Gasteiger partial charge >= 0.3 is 5.97 Å². The van der Waals surface area contributed by atoms with Gasteiger partial charge in [-0.25, -0.2) is 9.78 Å². The van der Waals surface area contributed by atoms with Gasteiger partial charge in [-0.1, -0.05) is 11.6 Å². The Morgan fingerprint density at radius 1 is 1.53 bits per heavy atom. The number of amides is 1. The van der Waals surface area contributed by atoms with Crippen molar-refractivity contribution in [1.29, 1.82) is 0 Å². The molecule has 1 unspecified atom stereocenters. The average molecular weight is 259 g/mol. The monoisotopic (exact) mass is 258 g/mol. The summed E-state index contributed by atoms with van der Waals surface area (Å²) < 4.78 is 0. The first-order chi connectivity index (χ1) is 8.06. The number of carbonyl (C=O) groups excluding carboxylic acids is 1. The number of aliphatic hydroxyl groups is 1. The molecule has 0 spiro atoms. The van der Waals surface area contributed by atoms with Crippen molar-refractivity contribution in [3.63, 3.8) is 0 Å². The molecule has 0 bridgehead atoms. The molecule has 7 heteroatoms. The van der Waals surface area contributed by atoms with Crippen LogP contribution in [0.15, 0.2) is 18.3 Å². The van der Waals surface area contributed by atoms with Crippen molar-refractivity contribution in [3.05, 3.63) is 29.0 Å². The third-order valence-electron chi connectivity index (χ3n) is 2.02. The summed E-state index contributed by atoms with van der Waals surface area (Å²) in [6.07, 6.45) is 1.35. The van der Waals surface area contributed by atoms with Crippen molar-refractivity contribution in [2.75, 3.05) is 6.61 Å². The molecule has 0 radical (unpaired) electrons. The molecule has 1 aromatic rings. The smallest absolute Gasteiger partial charge is 0.326 e. The molecule has 1 aromatic heterocycles. The Morgan fingerprint density at radius 2 is 2.24 bits per heavy atom. The Labute approximate surface area is 102 Å². The predicted octanol–water partition coefficient (Wildman–Crippen LogP) is 0.300. The number of nitrogens with one attached hydrogen (secondary N) is 1. The summed E-state index contributed by atoms with van der Waals surface area (Å²) in [4.78, 5) is 26.1. The first-order valence-corrected chi connectivity index (χ1v) is 5.19. The van der Waals surface area contributed by atoms with Crippen molar-refractivity contribution in [2.45, 2.75) is 12.5 Å². The molecule has 0 aromatic carbocycles. The van der Waals surface area contributed by atoms with E-state index in [4.69, 9.17) is 21.8 Å². The van der Waals surface area contributed by atoms with Crippen molar-refractivity contribution in [1.82, 2.24) is 10.3 Å². The first kappa shape index (κ1) is 13.4. The minimum atomic E-state index is -1.22. The molecular formula is C10H11ClN2O4. The summed E-state index contributed by atoms with van der Waals surface area (Å²) in [5, 5.41) is 19.7. The fourth-order valence-electron chi connectivity index (χ4n) is 1.18. The van der Waals surface area contributed by atoms with Gasteiger partial charge in [0.15, 0.2) is 0 Å². The molecule has 6 nitrogen and oxygen atoms in total. The van der Waals surface area contributed by atoms with Crippen LogP contribution in [0.25, 0.3) is 0 Å². The number of pyridine rings is 1. The van der Waals surface area contributed by atoms with Gasteiger partial charge in [-0.3, -0.25) is 4.79 Å². The van der Waals surface area contributed by atoms with Gasteiger partial charge in [0.2, 0.25) is 0 Å². The predicted molar refractivity (Wildman–Crippen MR) is 59.8 cm³/mol. The van der Waals surface area contributed by atoms with Gasteiger partial charge in [-0.15, -0.1) is 0 Å². The number of aliphatic carboxylic acids is 1. The standard InChI is InChI=1S/C10H11ClN2O4/c11-8-6(2-1-4-12-8)9(15)13-7(3-5-14)10(16)17/h1-2,4,7,14H,3,5H2,(H,13,15)(H,16,17). The third-order valence-corrected chi connectivity index (χ3v) is 2.33.